The molecule has 0 fully saturated rings. The molecule has 0 aliphatic heterocycles. The number of hydrogen-bond donors (Lipinski definition) is 1. The Bertz CT molecular complexity index is 526. The van der Waals surface area contributed by atoms with E-state index in [1.165, 1.54) is 0 Å². The number of aromatic nitrogens is 3. The predicted octanol–water partition coefficient (Wildman–Crippen LogP) is 2.40. The minimum Gasteiger partial charge on any atom is -0.494 e. The molecule has 108 valence electrons. The van der Waals surface area contributed by atoms with Gasteiger partial charge in [0, 0.05) is 18.8 Å². The summed E-state index contributed by atoms with van der Waals surface area (Å²) in [5, 5.41) is 4.91. The third kappa shape index (κ3) is 3.98. The third-order valence-electron chi connectivity index (χ3n) is 2.84. The molecule has 2 aromatic rings. The van der Waals surface area contributed by atoms with Gasteiger partial charge in [-0.05, 0) is 24.1 Å². The molecule has 1 atom stereocenters. The van der Waals surface area contributed by atoms with Crippen molar-refractivity contribution in [2.75, 3.05) is 12.4 Å². The van der Waals surface area contributed by atoms with Gasteiger partial charge in [-0.15, -0.1) is 0 Å². The first-order valence-electron chi connectivity index (χ1n) is 6.66. The van der Waals surface area contributed by atoms with E-state index in [1.807, 2.05) is 31.3 Å². The van der Waals surface area contributed by atoms with Gasteiger partial charge in [0.1, 0.15) is 12.1 Å². The lowest BCUT2D eigenvalue weighted by Crippen LogP contribution is -2.13. The number of ether oxygens (including phenoxy) is 1. The van der Waals surface area contributed by atoms with E-state index in [0.29, 0.717) is 0 Å². The topological polar surface area (TPSA) is 66.0 Å². The third-order valence-corrected chi connectivity index (χ3v) is 4.00. The standard InChI is InChI=1S/C14H20N4OS/c1-3-8-19-12-6-4-11(5-7-12)13(15)9-20-14-16-10-17-18(14)2/h4-7,10,13H,3,8-9,15H2,1-2H3. The summed E-state index contributed by atoms with van der Waals surface area (Å²) < 4.78 is 7.31. The predicted molar refractivity (Wildman–Crippen MR) is 80.9 cm³/mol. The molecule has 1 aromatic carbocycles. The molecular formula is C14H20N4OS. The van der Waals surface area contributed by atoms with Crippen LogP contribution in [0.15, 0.2) is 35.7 Å². The lowest BCUT2D eigenvalue weighted by Gasteiger charge is -2.12. The molecule has 0 saturated carbocycles. The molecule has 2 rings (SSSR count). The van der Waals surface area contributed by atoms with E-state index in [2.05, 4.69) is 17.0 Å². The molecule has 6 heteroatoms. The summed E-state index contributed by atoms with van der Waals surface area (Å²) in [5.74, 6) is 1.66. The summed E-state index contributed by atoms with van der Waals surface area (Å²) in [4.78, 5) is 4.17. The molecule has 5 nitrogen and oxygen atoms in total. The van der Waals surface area contributed by atoms with Crippen LogP contribution in [0.5, 0.6) is 5.75 Å². The second-order valence-electron chi connectivity index (χ2n) is 4.50. The number of benzene rings is 1. The van der Waals surface area contributed by atoms with Crippen molar-refractivity contribution < 1.29 is 4.74 Å². The van der Waals surface area contributed by atoms with Crippen LogP contribution in [-0.4, -0.2) is 27.1 Å². The largest absolute Gasteiger partial charge is 0.494 e. The molecule has 0 bridgehead atoms. The van der Waals surface area contributed by atoms with Crippen LogP contribution >= 0.6 is 11.8 Å². The zero-order chi connectivity index (χ0) is 14.4. The Morgan fingerprint density at radius 2 is 2.10 bits per heavy atom. The van der Waals surface area contributed by atoms with Gasteiger partial charge in [0.05, 0.1) is 6.61 Å². The highest BCUT2D eigenvalue weighted by atomic mass is 32.2. The lowest BCUT2D eigenvalue weighted by atomic mass is 10.1. The van der Waals surface area contributed by atoms with Gasteiger partial charge in [0.15, 0.2) is 5.16 Å². The summed E-state index contributed by atoms with van der Waals surface area (Å²) in [7, 11) is 1.88. The number of nitrogens with two attached hydrogens (primary N) is 1. The van der Waals surface area contributed by atoms with Crippen molar-refractivity contribution in [3.63, 3.8) is 0 Å². The minimum absolute atomic E-state index is 0.0306. The number of rotatable bonds is 7. The van der Waals surface area contributed by atoms with E-state index < -0.39 is 0 Å². The highest BCUT2D eigenvalue weighted by Crippen LogP contribution is 2.22. The van der Waals surface area contributed by atoms with Crippen molar-refractivity contribution in [3.05, 3.63) is 36.2 Å². The van der Waals surface area contributed by atoms with Crippen LogP contribution in [0.4, 0.5) is 0 Å². The van der Waals surface area contributed by atoms with Gasteiger partial charge in [0.25, 0.3) is 0 Å². The first-order valence-corrected chi connectivity index (χ1v) is 7.64. The van der Waals surface area contributed by atoms with E-state index >= 15 is 0 Å². The van der Waals surface area contributed by atoms with Gasteiger partial charge in [-0.2, -0.15) is 5.10 Å². The van der Waals surface area contributed by atoms with Gasteiger partial charge < -0.3 is 10.5 Å². The van der Waals surface area contributed by atoms with E-state index in [4.69, 9.17) is 10.5 Å². The van der Waals surface area contributed by atoms with Crippen molar-refractivity contribution in [1.29, 1.82) is 0 Å². The van der Waals surface area contributed by atoms with E-state index in [1.54, 1.807) is 22.8 Å². The fraction of sp³-hybridized carbons (Fsp3) is 0.429. The monoisotopic (exact) mass is 292 g/mol. The average molecular weight is 292 g/mol. The molecule has 1 aromatic heterocycles. The van der Waals surface area contributed by atoms with Crippen LogP contribution in [-0.2, 0) is 7.05 Å². The van der Waals surface area contributed by atoms with Gasteiger partial charge in [-0.25, -0.2) is 9.67 Å². The lowest BCUT2D eigenvalue weighted by molar-refractivity contribution is 0.317. The molecule has 0 spiro atoms. The second kappa shape index (κ2) is 7.31. The Kier molecular flexibility index (Phi) is 5.43. The normalized spacial score (nSPS) is 12.3. The van der Waals surface area contributed by atoms with Crippen LogP contribution in [0, 0.1) is 0 Å². The van der Waals surface area contributed by atoms with Crippen molar-refractivity contribution in [2.24, 2.45) is 12.8 Å². The molecule has 0 aliphatic rings. The summed E-state index contributed by atoms with van der Waals surface area (Å²) in [5.41, 5.74) is 7.29. The van der Waals surface area contributed by atoms with Gasteiger partial charge >= 0.3 is 0 Å². The summed E-state index contributed by atoms with van der Waals surface area (Å²) in [6, 6.07) is 7.95. The fourth-order valence-electron chi connectivity index (χ4n) is 1.71. The molecule has 2 N–H and O–H groups in total. The van der Waals surface area contributed by atoms with Crippen LogP contribution in [0.25, 0.3) is 0 Å². The highest BCUT2D eigenvalue weighted by molar-refractivity contribution is 7.99. The molecule has 20 heavy (non-hydrogen) atoms. The Morgan fingerprint density at radius 3 is 2.70 bits per heavy atom. The van der Waals surface area contributed by atoms with Gasteiger partial charge in [-0.3, -0.25) is 0 Å². The highest BCUT2D eigenvalue weighted by Gasteiger charge is 2.09. The molecular weight excluding hydrogens is 272 g/mol. The molecule has 0 radical (unpaired) electrons. The maximum atomic E-state index is 6.19. The fourth-order valence-corrected chi connectivity index (χ4v) is 2.58. The zero-order valence-corrected chi connectivity index (χ0v) is 12.6. The van der Waals surface area contributed by atoms with Crippen molar-refractivity contribution in [1.82, 2.24) is 14.8 Å². The molecule has 0 saturated heterocycles. The second-order valence-corrected chi connectivity index (χ2v) is 5.49. The van der Waals surface area contributed by atoms with E-state index in [-0.39, 0.29) is 6.04 Å². The van der Waals surface area contributed by atoms with Crippen LogP contribution in [0.2, 0.25) is 0 Å². The van der Waals surface area contributed by atoms with Crippen LogP contribution in [0.1, 0.15) is 24.9 Å². The molecule has 0 aliphatic carbocycles. The summed E-state index contributed by atoms with van der Waals surface area (Å²) >= 11 is 1.61. The van der Waals surface area contributed by atoms with Crippen LogP contribution in [0.3, 0.4) is 0 Å². The first kappa shape index (κ1) is 14.9. The summed E-state index contributed by atoms with van der Waals surface area (Å²) in [6.45, 7) is 2.83. The van der Waals surface area contributed by atoms with Gasteiger partial charge in [0.2, 0.25) is 0 Å². The Morgan fingerprint density at radius 1 is 1.35 bits per heavy atom. The molecule has 1 unspecified atom stereocenters. The maximum absolute atomic E-state index is 6.19. The number of thioether (sulfide) groups is 1. The average Bonchev–Trinajstić information content (AvgIpc) is 2.88. The SMILES string of the molecule is CCCOc1ccc(C(N)CSc2ncnn2C)cc1. The molecule has 1 heterocycles. The Balaban J connectivity index is 1.88. The summed E-state index contributed by atoms with van der Waals surface area (Å²) in [6.07, 6.45) is 2.56. The quantitative estimate of drug-likeness (QED) is 0.794. The minimum atomic E-state index is -0.0306. The maximum Gasteiger partial charge on any atom is 0.185 e. The Hall–Kier alpha value is -1.53. The van der Waals surface area contributed by atoms with Crippen molar-refractivity contribution >= 4 is 11.8 Å². The zero-order valence-electron chi connectivity index (χ0n) is 11.8. The van der Waals surface area contributed by atoms with Crippen LogP contribution < -0.4 is 10.5 Å². The first-order chi connectivity index (χ1) is 9.70. The molecule has 0 amide bonds. The van der Waals surface area contributed by atoms with E-state index in [9.17, 15) is 0 Å². The number of hydrogen-bond acceptors (Lipinski definition) is 5. The van der Waals surface area contributed by atoms with E-state index in [0.717, 1.165) is 35.2 Å². The van der Waals surface area contributed by atoms with Gasteiger partial charge in [-0.1, -0.05) is 30.8 Å². The van der Waals surface area contributed by atoms with Crippen molar-refractivity contribution in [3.8, 4) is 5.75 Å². The number of aryl methyl sites for hydroxylation is 1. The Labute approximate surface area is 123 Å². The smallest absolute Gasteiger partial charge is 0.185 e. The van der Waals surface area contributed by atoms with Crippen molar-refractivity contribution in [2.45, 2.75) is 24.5 Å². The number of nitrogens with zero attached hydrogens (tertiary/aromatic N) is 3.